The molecule has 5 nitrogen and oxygen atoms in total. The molecular formula is C20H26Cl2N4O. The number of nitrogens with two attached hydrogens (primary N) is 1. The van der Waals surface area contributed by atoms with E-state index in [-0.39, 0.29) is 30.7 Å². The smallest absolute Gasteiger partial charge is 0.224 e. The van der Waals surface area contributed by atoms with Crippen molar-refractivity contribution in [3.63, 3.8) is 0 Å². The van der Waals surface area contributed by atoms with Gasteiger partial charge in [-0.2, -0.15) is 0 Å². The van der Waals surface area contributed by atoms with E-state index in [0.29, 0.717) is 31.1 Å². The first-order valence-electron chi connectivity index (χ1n) is 8.61. The Kier molecular flexibility index (Phi) is 8.60. The first-order chi connectivity index (χ1) is 12.0. The van der Waals surface area contributed by atoms with Crippen molar-refractivity contribution in [3.05, 3.63) is 59.9 Å². The van der Waals surface area contributed by atoms with Crippen LogP contribution in [-0.2, 0) is 17.6 Å². The van der Waals surface area contributed by atoms with E-state index in [4.69, 9.17) is 10.7 Å². The predicted molar refractivity (Wildman–Crippen MR) is 116 cm³/mol. The van der Waals surface area contributed by atoms with Gasteiger partial charge in [0.15, 0.2) is 0 Å². The van der Waals surface area contributed by atoms with E-state index in [2.05, 4.69) is 29.8 Å². The van der Waals surface area contributed by atoms with E-state index >= 15 is 0 Å². The fourth-order valence-corrected chi connectivity index (χ4v) is 3.04. The van der Waals surface area contributed by atoms with Crippen molar-refractivity contribution in [1.82, 2.24) is 14.9 Å². The minimum absolute atomic E-state index is 0. The predicted octanol–water partition coefficient (Wildman–Crippen LogP) is 3.94. The molecule has 2 aromatic carbocycles. The van der Waals surface area contributed by atoms with Crippen molar-refractivity contribution < 1.29 is 4.79 Å². The number of halogens is 2. The van der Waals surface area contributed by atoms with E-state index in [1.165, 1.54) is 0 Å². The summed E-state index contributed by atoms with van der Waals surface area (Å²) >= 11 is 0. The Morgan fingerprint density at radius 2 is 1.78 bits per heavy atom. The molecule has 0 spiro atoms. The number of nitrogens with one attached hydrogen (secondary N) is 1. The Morgan fingerprint density at radius 1 is 1.11 bits per heavy atom. The molecule has 27 heavy (non-hydrogen) atoms. The lowest BCUT2D eigenvalue weighted by molar-refractivity contribution is -0.120. The summed E-state index contributed by atoms with van der Waals surface area (Å²) in [6.45, 7) is 4.87. The average molecular weight is 409 g/mol. The number of benzene rings is 2. The Morgan fingerprint density at radius 3 is 2.44 bits per heavy atom. The number of nitrogens with zero attached hydrogens (tertiary/aromatic N) is 2. The molecule has 0 bridgehead atoms. The highest BCUT2D eigenvalue weighted by Crippen LogP contribution is 2.21. The summed E-state index contributed by atoms with van der Waals surface area (Å²) in [5.74, 6) is 1.01. The van der Waals surface area contributed by atoms with Crippen molar-refractivity contribution in [2.75, 3.05) is 12.3 Å². The maximum Gasteiger partial charge on any atom is 0.224 e. The zero-order valence-electron chi connectivity index (χ0n) is 15.5. The number of para-hydroxylation sites is 2. The maximum atomic E-state index is 12.1. The third kappa shape index (κ3) is 5.62. The lowest BCUT2D eigenvalue weighted by Crippen LogP contribution is -2.28. The van der Waals surface area contributed by atoms with Crippen LogP contribution < -0.4 is 11.1 Å². The molecule has 146 valence electrons. The molecule has 0 unspecified atom stereocenters. The van der Waals surface area contributed by atoms with Crippen LogP contribution in [0, 0.1) is 0 Å². The number of amides is 1. The van der Waals surface area contributed by atoms with Crippen LogP contribution in [0.3, 0.4) is 0 Å². The molecular weight excluding hydrogens is 383 g/mol. The van der Waals surface area contributed by atoms with Gasteiger partial charge in [-0.05, 0) is 43.7 Å². The Balaban J connectivity index is 0.00000182. The average Bonchev–Trinajstić information content (AvgIpc) is 2.95. The Labute approximate surface area is 172 Å². The van der Waals surface area contributed by atoms with Crippen LogP contribution in [0.15, 0.2) is 48.5 Å². The Hall–Kier alpha value is -2.24. The molecule has 3 N–H and O–H groups in total. The van der Waals surface area contributed by atoms with Crippen molar-refractivity contribution in [2.45, 2.75) is 32.7 Å². The van der Waals surface area contributed by atoms with Crippen LogP contribution in [0.5, 0.6) is 0 Å². The highest BCUT2D eigenvalue weighted by atomic mass is 35.5. The van der Waals surface area contributed by atoms with E-state index < -0.39 is 0 Å². The third-order valence-electron chi connectivity index (χ3n) is 4.20. The van der Waals surface area contributed by atoms with Gasteiger partial charge in [-0.3, -0.25) is 4.79 Å². The Bertz CT molecular complexity index is 875. The molecule has 0 aliphatic heterocycles. The zero-order chi connectivity index (χ0) is 17.8. The molecule has 0 aliphatic carbocycles. The van der Waals surface area contributed by atoms with Gasteiger partial charge in [-0.15, -0.1) is 24.8 Å². The molecule has 0 atom stereocenters. The number of anilines is 1. The summed E-state index contributed by atoms with van der Waals surface area (Å²) < 4.78 is 2.24. The van der Waals surface area contributed by atoms with Crippen molar-refractivity contribution in [1.29, 1.82) is 0 Å². The second-order valence-corrected chi connectivity index (χ2v) is 6.50. The lowest BCUT2D eigenvalue weighted by Gasteiger charge is -2.13. The molecule has 3 rings (SSSR count). The lowest BCUT2D eigenvalue weighted by atomic mass is 10.1. The van der Waals surface area contributed by atoms with Gasteiger partial charge in [0, 0.05) is 24.7 Å². The number of nitrogen functional groups attached to an aromatic ring is 1. The van der Waals surface area contributed by atoms with Gasteiger partial charge in [0.05, 0.1) is 17.5 Å². The van der Waals surface area contributed by atoms with Gasteiger partial charge >= 0.3 is 0 Å². The van der Waals surface area contributed by atoms with Crippen molar-refractivity contribution in [3.8, 4) is 0 Å². The number of carbonyl (C=O) groups excluding carboxylic acids is 1. The summed E-state index contributed by atoms with van der Waals surface area (Å²) in [6, 6.07) is 15.9. The molecule has 0 saturated heterocycles. The molecule has 1 heterocycles. The topological polar surface area (TPSA) is 72.9 Å². The number of carbonyl (C=O) groups is 1. The summed E-state index contributed by atoms with van der Waals surface area (Å²) in [4.78, 5) is 16.8. The molecule has 0 aliphatic rings. The van der Waals surface area contributed by atoms with Crippen LogP contribution in [0.25, 0.3) is 11.0 Å². The molecule has 1 aromatic heterocycles. The quantitative estimate of drug-likeness (QED) is 0.606. The van der Waals surface area contributed by atoms with Crippen LogP contribution in [-0.4, -0.2) is 22.0 Å². The molecule has 3 aromatic rings. The van der Waals surface area contributed by atoms with Crippen molar-refractivity contribution in [2.24, 2.45) is 0 Å². The molecule has 0 saturated carbocycles. The highest BCUT2D eigenvalue weighted by Gasteiger charge is 2.13. The highest BCUT2D eigenvalue weighted by molar-refractivity contribution is 5.85. The molecule has 0 fully saturated rings. The molecule has 0 radical (unpaired) electrons. The van der Waals surface area contributed by atoms with E-state index in [1.54, 1.807) is 0 Å². The van der Waals surface area contributed by atoms with Gasteiger partial charge in [0.2, 0.25) is 5.91 Å². The number of hydrogen-bond acceptors (Lipinski definition) is 3. The van der Waals surface area contributed by atoms with Crippen LogP contribution in [0.4, 0.5) is 5.69 Å². The van der Waals surface area contributed by atoms with Crippen LogP contribution >= 0.6 is 24.8 Å². The number of rotatable bonds is 6. The standard InChI is InChI=1S/C20H24N4O.2ClH/c1-14(2)24-18-6-4-3-5-17(18)23-19(24)11-12-22-20(25)13-15-7-9-16(21)10-8-15;;/h3-10,14H,11-13,21H2,1-2H3,(H,22,25);2*1H. The molecule has 1 amide bonds. The number of fused-ring (bicyclic) bond motifs is 1. The van der Waals surface area contributed by atoms with Gasteiger partial charge in [-0.1, -0.05) is 24.3 Å². The van der Waals surface area contributed by atoms with E-state index in [1.807, 2.05) is 42.5 Å². The fraction of sp³-hybridized carbons (Fsp3) is 0.300. The second-order valence-electron chi connectivity index (χ2n) is 6.50. The van der Waals surface area contributed by atoms with E-state index in [9.17, 15) is 4.79 Å². The number of aromatic nitrogens is 2. The SMILES string of the molecule is CC(C)n1c(CCNC(=O)Cc2ccc(N)cc2)nc2ccccc21.Cl.Cl. The number of imidazole rings is 1. The second kappa shape index (κ2) is 10.2. The summed E-state index contributed by atoms with van der Waals surface area (Å²) in [7, 11) is 0. The minimum atomic E-state index is 0. The zero-order valence-corrected chi connectivity index (χ0v) is 17.1. The van der Waals surface area contributed by atoms with Crippen LogP contribution in [0.1, 0.15) is 31.3 Å². The summed E-state index contributed by atoms with van der Waals surface area (Å²) in [5, 5.41) is 2.98. The van der Waals surface area contributed by atoms with Gasteiger partial charge < -0.3 is 15.6 Å². The summed E-state index contributed by atoms with van der Waals surface area (Å²) in [5.41, 5.74) is 9.47. The minimum Gasteiger partial charge on any atom is -0.399 e. The first kappa shape index (κ1) is 22.8. The van der Waals surface area contributed by atoms with Gasteiger partial charge in [-0.25, -0.2) is 4.98 Å². The fourth-order valence-electron chi connectivity index (χ4n) is 3.04. The normalized spacial score (nSPS) is 10.3. The van der Waals surface area contributed by atoms with Crippen LogP contribution in [0.2, 0.25) is 0 Å². The largest absolute Gasteiger partial charge is 0.399 e. The van der Waals surface area contributed by atoms with Gasteiger partial charge in [0.25, 0.3) is 0 Å². The summed E-state index contributed by atoms with van der Waals surface area (Å²) in [6.07, 6.45) is 1.07. The monoisotopic (exact) mass is 408 g/mol. The number of hydrogen-bond donors (Lipinski definition) is 2. The van der Waals surface area contributed by atoms with Crippen molar-refractivity contribution >= 4 is 47.4 Å². The van der Waals surface area contributed by atoms with E-state index in [0.717, 1.165) is 22.4 Å². The molecule has 7 heteroatoms. The first-order valence-corrected chi connectivity index (χ1v) is 8.61. The third-order valence-corrected chi connectivity index (χ3v) is 4.20. The van der Waals surface area contributed by atoms with Gasteiger partial charge in [0.1, 0.15) is 5.82 Å². The maximum absolute atomic E-state index is 12.1.